The molecule has 67 heavy (non-hydrogen) atoms. The Morgan fingerprint density at radius 1 is 0.851 bits per heavy atom. The molecule has 4 N–H and O–H groups in total. The molecule has 3 aliphatic rings. The van der Waals surface area contributed by atoms with Crippen molar-refractivity contribution in [2.45, 2.75) is 161 Å². The van der Waals surface area contributed by atoms with Gasteiger partial charge in [-0.05, 0) is 91.3 Å². The number of rotatable bonds is 21. The molecule has 1 aliphatic carbocycles. The van der Waals surface area contributed by atoms with E-state index in [9.17, 15) is 33.6 Å². The number of hydrogen-bond donors (Lipinski definition) is 4. The average molecular weight is 925 g/mol. The van der Waals surface area contributed by atoms with Gasteiger partial charge in [0.2, 0.25) is 29.4 Å². The Balaban J connectivity index is 1.10. The van der Waals surface area contributed by atoms with Crippen molar-refractivity contribution in [3.63, 3.8) is 0 Å². The van der Waals surface area contributed by atoms with E-state index in [2.05, 4.69) is 36.8 Å². The van der Waals surface area contributed by atoms with Crippen LogP contribution in [-0.2, 0) is 58.4 Å². The molecule has 0 bridgehead atoms. The summed E-state index contributed by atoms with van der Waals surface area (Å²) in [6.45, 7) is 13.7. The maximum absolute atomic E-state index is 14.7. The quantitative estimate of drug-likeness (QED) is 0.0889. The Morgan fingerprint density at radius 2 is 1.54 bits per heavy atom. The molecule has 18 heteroatoms. The van der Waals surface area contributed by atoms with Gasteiger partial charge in [-0.25, -0.2) is 9.48 Å². The number of carbonyl (C=O) groups is 7. The molecule has 1 saturated carbocycles. The Hall–Kier alpha value is -6.20. The molecule has 18 nitrogen and oxygen atoms in total. The lowest BCUT2D eigenvalue weighted by molar-refractivity contribution is -0.144. The summed E-state index contributed by atoms with van der Waals surface area (Å²) in [6.07, 6.45) is 3.16. The summed E-state index contributed by atoms with van der Waals surface area (Å²) in [6, 6.07) is 13.3. The van der Waals surface area contributed by atoms with Gasteiger partial charge >= 0.3 is 6.09 Å². The number of aryl methyl sites for hydroxylation is 1. The third-order valence-electron chi connectivity index (χ3n) is 12.9. The van der Waals surface area contributed by atoms with E-state index in [0.717, 1.165) is 29.5 Å². The fraction of sp³-hybridized carbons (Fsp3) is 0.592. The summed E-state index contributed by atoms with van der Waals surface area (Å²) < 4.78 is 7.79. The monoisotopic (exact) mass is 925 g/mol. The highest BCUT2D eigenvalue weighted by Crippen LogP contribution is 2.28. The van der Waals surface area contributed by atoms with Gasteiger partial charge in [-0.15, -0.1) is 5.10 Å². The summed E-state index contributed by atoms with van der Waals surface area (Å²) >= 11 is 0. The number of likely N-dealkylation sites (tertiary alicyclic amines) is 1. The molecule has 362 valence electrons. The molecule has 3 heterocycles. The van der Waals surface area contributed by atoms with Gasteiger partial charge in [0.05, 0.1) is 18.1 Å². The van der Waals surface area contributed by atoms with Gasteiger partial charge < -0.3 is 35.8 Å². The molecule has 1 saturated heterocycles. The molecule has 2 aliphatic heterocycles. The van der Waals surface area contributed by atoms with E-state index < -0.39 is 77.2 Å². The van der Waals surface area contributed by atoms with Crippen LogP contribution in [-0.4, -0.2) is 121 Å². The first-order valence-electron chi connectivity index (χ1n) is 23.9. The summed E-state index contributed by atoms with van der Waals surface area (Å²) in [5, 5.41) is 23.6. The summed E-state index contributed by atoms with van der Waals surface area (Å²) in [4.78, 5) is 98.9. The van der Waals surface area contributed by atoms with E-state index in [-0.39, 0.29) is 43.7 Å². The van der Waals surface area contributed by atoms with Gasteiger partial charge in [-0.2, -0.15) is 0 Å². The molecular weight excluding hydrogens is 857 g/mol. The second-order valence-corrected chi connectivity index (χ2v) is 19.3. The number of amides is 6. The molecule has 2 fully saturated rings. The zero-order valence-corrected chi connectivity index (χ0v) is 40.0. The second kappa shape index (κ2) is 22.5. The van der Waals surface area contributed by atoms with Crippen LogP contribution in [0.15, 0.2) is 54.6 Å². The topological polar surface area (TPSA) is 227 Å². The third-order valence-corrected chi connectivity index (χ3v) is 12.9. The van der Waals surface area contributed by atoms with Crippen LogP contribution in [0.25, 0.3) is 0 Å². The molecule has 5 atom stereocenters. The number of aromatic nitrogens is 4. The predicted molar refractivity (Wildman–Crippen MR) is 248 cm³/mol. The lowest BCUT2D eigenvalue weighted by atomic mass is 9.94. The molecule has 1 unspecified atom stereocenters. The fourth-order valence-corrected chi connectivity index (χ4v) is 8.76. The number of nitrogens with one attached hydrogen (secondary N) is 4. The molecule has 2 aromatic carbocycles. The number of Topliss-reactive ketones (excluding diaryl/α,β-unsaturated/α-hetero) is 1. The Morgan fingerprint density at radius 3 is 2.21 bits per heavy atom. The SMILES string of the molecule is CCCC(NC(=O)[C@@H]1C[C@@H](OC(=O)N2CCc3ccccc3C2)CN1C(=O)[C@@H](NC(=O)[C@@H](NC(=O)CCCCc1nnnn1C(C)(C)c1ccccc1)C(C)C)C(C)C)C(=O)C(=O)NC1CC1. The van der Waals surface area contributed by atoms with Gasteiger partial charge in [-0.3, -0.25) is 28.8 Å². The molecule has 6 amide bonds. The maximum atomic E-state index is 14.7. The number of ketones is 1. The Kier molecular flexibility index (Phi) is 16.9. The van der Waals surface area contributed by atoms with Crippen molar-refractivity contribution < 1.29 is 38.3 Å². The number of nitrogens with zero attached hydrogens (tertiary/aromatic N) is 6. The molecule has 1 aromatic heterocycles. The number of hydrogen-bond acceptors (Lipinski definition) is 11. The Labute approximate surface area is 393 Å². The standard InChI is InChI=1S/C49H68N10O8/c1-8-16-37(43(61)46(64)50-35-23-24-35)51-44(62)38-27-36(67-48(66)57-26-25-32-17-12-13-18-33(32)28-57)29-58(38)47(65)42(31(4)5)53-45(63)41(30(2)3)52-40(60)22-15-14-21-39-54-55-56-59(39)49(6,7)34-19-10-9-11-20-34/h9-13,17-20,30-31,35-38,41-42H,8,14-16,21-29H2,1-7H3,(H,50,64)(H,51,62)(H,52,60)(H,53,63)/t36-,37?,38+,41+,42+/m1/s1. The minimum Gasteiger partial charge on any atom is -0.444 e. The van der Waals surface area contributed by atoms with E-state index in [1.807, 2.05) is 75.4 Å². The first-order chi connectivity index (χ1) is 32.0. The molecule has 6 rings (SSSR count). The van der Waals surface area contributed by atoms with Crippen molar-refractivity contribution >= 4 is 41.4 Å². The lowest BCUT2D eigenvalue weighted by Gasteiger charge is -2.32. The van der Waals surface area contributed by atoms with Crippen molar-refractivity contribution in [2.24, 2.45) is 11.8 Å². The van der Waals surface area contributed by atoms with E-state index >= 15 is 0 Å². The maximum Gasteiger partial charge on any atom is 0.410 e. The highest BCUT2D eigenvalue weighted by atomic mass is 16.6. The number of carbonyl (C=O) groups excluding carboxylic acids is 7. The van der Waals surface area contributed by atoms with E-state index in [1.54, 1.807) is 37.3 Å². The molecule has 0 spiro atoms. The van der Waals surface area contributed by atoms with E-state index in [0.29, 0.717) is 51.0 Å². The van der Waals surface area contributed by atoms with Gasteiger partial charge in [0.25, 0.3) is 5.91 Å². The van der Waals surface area contributed by atoms with Crippen LogP contribution in [0.3, 0.4) is 0 Å². The molecule has 0 radical (unpaired) electrons. The second-order valence-electron chi connectivity index (χ2n) is 19.3. The molecular formula is C49H68N10O8. The van der Waals surface area contributed by atoms with E-state index in [4.69, 9.17) is 4.74 Å². The first-order valence-corrected chi connectivity index (χ1v) is 23.9. The number of benzene rings is 2. The van der Waals surface area contributed by atoms with E-state index in [1.165, 1.54) is 4.90 Å². The van der Waals surface area contributed by atoms with Crippen molar-refractivity contribution in [1.29, 1.82) is 0 Å². The first kappa shape index (κ1) is 50.2. The van der Waals surface area contributed by atoms with Gasteiger partial charge in [0, 0.05) is 38.4 Å². The lowest BCUT2D eigenvalue weighted by Crippen LogP contribution is -2.59. The number of unbranched alkanes of at least 4 members (excludes halogenated alkanes) is 1. The van der Waals surface area contributed by atoms with Crippen molar-refractivity contribution in [1.82, 2.24) is 51.3 Å². The van der Waals surface area contributed by atoms with Crippen LogP contribution in [0.2, 0.25) is 0 Å². The van der Waals surface area contributed by atoms with Crippen LogP contribution in [0.1, 0.15) is 122 Å². The average Bonchev–Trinajstić information content (AvgIpc) is 3.81. The summed E-state index contributed by atoms with van der Waals surface area (Å²) in [5.41, 5.74) is 2.72. The zero-order valence-electron chi connectivity index (χ0n) is 40.0. The van der Waals surface area contributed by atoms with Gasteiger partial charge in [0.1, 0.15) is 24.2 Å². The highest BCUT2D eigenvalue weighted by Gasteiger charge is 2.46. The number of tetrazole rings is 1. The van der Waals surface area contributed by atoms with Crippen LogP contribution in [0.4, 0.5) is 4.79 Å². The smallest absolute Gasteiger partial charge is 0.410 e. The van der Waals surface area contributed by atoms with Crippen LogP contribution >= 0.6 is 0 Å². The van der Waals surface area contributed by atoms with Crippen molar-refractivity contribution in [2.75, 3.05) is 13.1 Å². The van der Waals surface area contributed by atoms with Crippen molar-refractivity contribution in [3.05, 3.63) is 77.1 Å². The summed E-state index contributed by atoms with van der Waals surface area (Å²) in [7, 11) is 0. The number of ether oxygens (including phenoxy) is 1. The predicted octanol–water partition coefficient (Wildman–Crippen LogP) is 3.75. The van der Waals surface area contributed by atoms with Crippen LogP contribution in [0.5, 0.6) is 0 Å². The Bertz CT molecular complexity index is 2240. The summed E-state index contributed by atoms with van der Waals surface area (Å²) in [5.74, 6) is -3.84. The normalized spacial score (nSPS) is 18.4. The minimum absolute atomic E-state index is 0.0607. The zero-order chi connectivity index (χ0) is 48.4. The van der Waals surface area contributed by atoms with Gasteiger partial charge in [-0.1, -0.05) is 95.6 Å². The van der Waals surface area contributed by atoms with Crippen LogP contribution in [0, 0.1) is 11.8 Å². The third kappa shape index (κ3) is 12.8. The van der Waals surface area contributed by atoms with Crippen molar-refractivity contribution in [3.8, 4) is 0 Å². The minimum atomic E-state index is -1.20. The highest BCUT2D eigenvalue weighted by molar-refractivity contribution is 6.38. The fourth-order valence-electron chi connectivity index (χ4n) is 8.76. The largest absolute Gasteiger partial charge is 0.444 e. The number of fused-ring (bicyclic) bond motifs is 1. The van der Waals surface area contributed by atoms with Crippen LogP contribution < -0.4 is 21.3 Å². The molecule has 3 aromatic rings. The van der Waals surface area contributed by atoms with Gasteiger partial charge in [0.15, 0.2) is 5.82 Å².